The van der Waals surface area contributed by atoms with Gasteiger partial charge in [-0.1, -0.05) is 19.1 Å². The third-order valence-electron chi connectivity index (χ3n) is 2.61. The smallest absolute Gasteiger partial charge is 0.326 e. The number of aliphatic carboxylic acids is 1. The molecule has 0 aromatic heterocycles. The summed E-state index contributed by atoms with van der Waals surface area (Å²) in [5.74, 6) is -1.17. The molecule has 0 saturated carbocycles. The Hall–Kier alpha value is -2.08. The van der Waals surface area contributed by atoms with Gasteiger partial charge >= 0.3 is 12.0 Å². The van der Waals surface area contributed by atoms with E-state index in [0.29, 0.717) is 5.69 Å². The number of aryl methyl sites for hydroxylation is 1. The molecule has 6 nitrogen and oxygen atoms in total. The number of rotatable bonds is 6. The van der Waals surface area contributed by atoms with Gasteiger partial charge in [0.15, 0.2) is 0 Å². The highest BCUT2D eigenvalue weighted by Gasteiger charge is 2.19. The zero-order valence-corrected chi connectivity index (χ0v) is 10.7. The van der Waals surface area contributed by atoms with Crippen LogP contribution in [0.15, 0.2) is 24.3 Å². The minimum Gasteiger partial charge on any atom is -0.480 e. The van der Waals surface area contributed by atoms with Crippen molar-refractivity contribution < 1.29 is 19.8 Å². The molecule has 1 aromatic carbocycles. The number of aliphatic hydroxyl groups excluding tert-OH is 1. The maximum absolute atomic E-state index is 11.6. The monoisotopic (exact) mass is 266 g/mol. The molecule has 0 spiro atoms. The van der Waals surface area contributed by atoms with E-state index >= 15 is 0 Å². The Labute approximate surface area is 111 Å². The first-order chi connectivity index (χ1) is 9.06. The fourth-order valence-electron chi connectivity index (χ4n) is 1.58. The number of nitrogens with one attached hydrogen (secondary N) is 2. The Balaban J connectivity index is 2.60. The van der Waals surface area contributed by atoms with E-state index in [1.54, 1.807) is 6.07 Å². The first-order valence-electron chi connectivity index (χ1n) is 6.07. The zero-order valence-electron chi connectivity index (χ0n) is 10.7. The Bertz CT molecular complexity index is 448. The van der Waals surface area contributed by atoms with Gasteiger partial charge in [0.25, 0.3) is 0 Å². The van der Waals surface area contributed by atoms with Gasteiger partial charge in [0.05, 0.1) is 0 Å². The fraction of sp³-hybridized carbons (Fsp3) is 0.385. The minimum atomic E-state index is -1.17. The molecule has 0 saturated heterocycles. The molecule has 4 N–H and O–H groups in total. The third-order valence-corrected chi connectivity index (χ3v) is 2.61. The van der Waals surface area contributed by atoms with Crippen molar-refractivity contribution in [1.82, 2.24) is 5.32 Å². The van der Waals surface area contributed by atoms with Crippen molar-refractivity contribution in [2.24, 2.45) is 0 Å². The lowest BCUT2D eigenvalue weighted by Gasteiger charge is -2.14. The first kappa shape index (κ1) is 15.0. The van der Waals surface area contributed by atoms with Crippen molar-refractivity contribution in [3.63, 3.8) is 0 Å². The molecule has 0 radical (unpaired) electrons. The van der Waals surface area contributed by atoms with Crippen molar-refractivity contribution in [3.8, 4) is 0 Å². The quantitative estimate of drug-likeness (QED) is 0.622. The molecular formula is C13H18N2O4. The predicted molar refractivity (Wildman–Crippen MR) is 71.1 cm³/mol. The molecule has 0 aliphatic carbocycles. The van der Waals surface area contributed by atoms with Crippen LogP contribution in [-0.4, -0.2) is 34.9 Å². The number of hydrogen-bond acceptors (Lipinski definition) is 3. The van der Waals surface area contributed by atoms with Gasteiger partial charge in [-0.25, -0.2) is 9.59 Å². The number of carbonyl (C=O) groups excluding carboxylic acids is 1. The molecule has 0 bridgehead atoms. The molecule has 0 aliphatic rings. The number of carboxylic acids is 1. The Morgan fingerprint density at radius 1 is 1.37 bits per heavy atom. The second kappa shape index (κ2) is 7.38. The highest BCUT2D eigenvalue weighted by molar-refractivity contribution is 5.92. The summed E-state index contributed by atoms with van der Waals surface area (Å²) in [4.78, 5) is 22.5. The van der Waals surface area contributed by atoms with Crippen LogP contribution in [0.4, 0.5) is 10.5 Å². The number of aliphatic hydroxyl groups is 1. The number of carbonyl (C=O) groups is 2. The molecule has 1 unspecified atom stereocenters. The Morgan fingerprint density at radius 2 is 2.11 bits per heavy atom. The van der Waals surface area contributed by atoms with Gasteiger partial charge < -0.3 is 20.8 Å². The zero-order chi connectivity index (χ0) is 14.3. The number of urea groups is 1. The van der Waals surface area contributed by atoms with E-state index in [1.165, 1.54) is 0 Å². The summed E-state index contributed by atoms with van der Waals surface area (Å²) in [5.41, 5.74) is 1.67. The Kier molecular flexibility index (Phi) is 5.81. The van der Waals surface area contributed by atoms with Crippen LogP contribution >= 0.6 is 0 Å². The van der Waals surface area contributed by atoms with Gasteiger partial charge in [0.1, 0.15) is 6.04 Å². The molecule has 6 heteroatoms. The van der Waals surface area contributed by atoms with Crippen molar-refractivity contribution in [2.45, 2.75) is 25.8 Å². The molecule has 19 heavy (non-hydrogen) atoms. The molecule has 0 fully saturated rings. The summed E-state index contributed by atoms with van der Waals surface area (Å²) in [5, 5.41) is 22.4. The van der Waals surface area contributed by atoms with Crippen molar-refractivity contribution >= 4 is 17.7 Å². The third kappa shape index (κ3) is 4.97. The summed E-state index contributed by atoms with van der Waals surface area (Å²) >= 11 is 0. The summed E-state index contributed by atoms with van der Waals surface area (Å²) < 4.78 is 0. The van der Waals surface area contributed by atoms with E-state index in [0.717, 1.165) is 12.0 Å². The lowest BCUT2D eigenvalue weighted by molar-refractivity contribution is -0.139. The SMILES string of the molecule is CCc1cccc(NC(=O)NC(CCO)C(=O)O)c1. The summed E-state index contributed by atoms with van der Waals surface area (Å²) in [6.07, 6.45) is 0.817. The average Bonchev–Trinajstić information content (AvgIpc) is 2.38. The number of hydrogen-bond donors (Lipinski definition) is 4. The van der Waals surface area contributed by atoms with E-state index in [4.69, 9.17) is 10.2 Å². The molecule has 1 rings (SSSR count). The van der Waals surface area contributed by atoms with Crippen molar-refractivity contribution in [3.05, 3.63) is 29.8 Å². The van der Waals surface area contributed by atoms with Gasteiger partial charge in [-0.05, 0) is 24.1 Å². The van der Waals surface area contributed by atoms with Crippen LogP contribution in [0.5, 0.6) is 0 Å². The van der Waals surface area contributed by atoms with Crippen LogP contribution in [0.25, 0.3) is 0 Å². The van der Waals surface area contributed by atoms with E-state index in [2.05, 4.69) is 10.6 Å². The van der Waals surface area contributed by atoms with E-state index in [-0.39, 0.29) is 13.0 Å². The number of anilines is 1. The van der Waals surface area contributed by atoms with Crippen LogP contribution in [-0.2, 0) is 11.2 Å². The Morgan fingerprint density at radius 3 is 2.68 bits per heavy atom. The summed E-state index contributed by atoms with van der Waals surface area (Å²) in [6, 6.07) is 5.60. The van der Waals surface area contributed by atoms with Gasteiger partial charge in [-0.3, -0.25) is 0 Å². The van der Waals surface area contributed by atoms with Gasteiger partial charge in [-0.15, -0.1) is 0 Å². The molecule has 2 amide bonds. The second-order valence-electron chi connectivity index (χ2n) is 4.06. The van der Waals surface area contributed by atoms with E-state index < -0.39 is 18.0 Å². The molecule has 1 atom stereocenters. The number of benzene rings is 1. The van der Waals surface area contributed by atoms with Crippen LogP contribution in [0.3, 0.4) is 0 Å². The maximum Gasteiger partial charge on any atom is 0.326 e. The fourth-order valence-corrected chi connectivity index (χ4v) is 1.58. The van der Waals surface area contributed by atoms with Gasteiger partial charge in [-0.2, -0.15) is 0 Å². The summed E-state index contributed by atoms with van der Waals surface area (Å²) in [6.45, 7) is 1.70. The second-order valence-corrected chi connectivity index (χ2v) is 4.06. The van der Waals surface area contributed by atoms with Crippen LogP contribution in [0.1, 0.15) is 18.9 Å². The topological polar surface area (TPSA) is 98.7 Å². The van der Waals surface area contributed by atoms with E-state index in [9.17, 15) is 9.59 Å². The number of amides is 2. The molecule has 0 heterocycles. The molecule has 1 aromatic rings. The lowest BCUT2D eigenvalue weighted by atomic mass is 10.1. The highest BCUT2D eigenvalue weighted by atomic mass is 16.4. The molecule has 104 valence electrons. The molecular weight excluding hydrogens is 248 g/mol. The van der Waals surface area contributed by atoms with Gasteiger partial charge in [0, 0.05) is 18.7 Å². The number of carboxylic acid groups (broad SMARTS) is 1. The molecule has 0 aliphatic heterocycles. The lowest BCUT2D eigenvalue weighted by Crippen LogP contribution is -2.43. The van der Waals surface area contributed by atoms with Crippen LogP contribution < -0.4 is 10.6 Å². The minimum absolute atomic E-state index is 0.0300. The normalized spacial score (nSPS) is 11.7. The van der Waals surface area contributed by atoms with Gasteiger partial charge in [0.2, 0.25) is 0 Å². The maximum atomic E-state index is 11.6. The average molecular weight is 266 g/mol. The largest absolute Gasteiger partial charge is 0.480 e. The van der Waals surface area contributed by atoms with Crippen molar-refractivity contribution in [2.75, 3.05) is 11.9 Å². The van der Waals surface area contributed by atoms with Crippen LogP contribution in [0, 0.1) is 0 Å². The standard InChI is InChI=1S/C13H18N2O4/c1-2-9-4-3-5-10(8-9)14-13(19)15-11(6-7-16)12(17)18/h3-5,8,11,16H,2,6-7H2,1H3,(H,17,18)(H2,14,15,19). The van der Waals surface area contributed by atoms with Crippen molar-refractivity contribution in [1.29, 1.82) is 0 Å². The highest BCUT2D eigenvalue weighted by Crippen LogP contribution is 2.10. The van der Waals surface area contributed by atoms with E-state index in [1.807, 2.05) is 25.1 Å². The predicted octanol–water partition coefficient (Wildman–Crippen LogP) is 1.21. The first-order valence-corrected chi connectivity index (χ1v) is 6.07. The van der Waals surface area contributed by atoms with Crippen LogP contribution in [0.2, 0.25) is 0 Å². The summed E-state index contributed by atoms with van der Waals surface area (Å²) in [7, 11) is 0.